The van der Waals surface area contributed by atoms with Gasteiger partial charge in [-0.05, 0) is 34.1 Å². The number of halogens is 2. The number of hydrogen-bond acceptors (Lipinski definition) is 4. The summed E-state index contributed by atoms with van der Waals surface area (Å²) in [6.07, 6.45) is 0. The van der Waals surface area contributed by atoms with Crippen LogP contribution in [0.15, 0.2) is 32.0 Å². The standard InChI is InChI=1S/C11H11Br2N3O2S/c12-8-1-2-10(13)11(5-8)19(17,18)16-4-3-15-7-9(16)6-14/h1-2,5,9,15H,3-4,7H2. The second kappa shape index (κ2) is 5.89. The minimum atomic E-state index is -3.68. The first-order valence-corrected chi connectivity index (χ1v) is 8.56. The number of piperazine rings is 1. The molecule has 1 unspecified atom stereocenters. The molecule has 1 saturated heterocycles. The van der Waals surface area contributed by atoms with Crippen LogP contribution in [-0.4, -0.2) is 38.4 Å². The van der Waals surface area contributed by atoms with E-state index in [0.717, 1.165) is 0 Å². The van der Waals surface area contributed by atoms with Crippen molar-refractivity contribution in [2.45, 2.75) is 10.9 Å². The van der Waals surface area contributed by atoms with Gasteiger partial charge in [-0.1, -0.05) is 15.9 Å². The van der Waals surface area contributed by atoms with E-state index in [-0.39, 0.29) is 4.90 Å². The normalized spacial score (nSPS) is 21.0. The van der Waals surface area contributed by atoms with Crippen molar-refractivity contribution >= 4 is 41.9 Å². The SMILES string of the molecule is N#CC1CNCCN1S(=O)(=O)c1cc(Br)ccc1Br. The molecule has 0 spiro atoms. The second-order valence-corrected chi connectivity index (χ2v) is 7.67. The predicted octanol–water partition coefficient (Wildman–Crippen LogP) is 1.70. The number of nitrogens with one attached hydrogen (secondary N) is 1. The van der Waals surface area contributed by atoms with Gasteiger partial charge in [0.05, 0.1) is 11.0 Å². The van der Waals surface area contributed by atoms with Crippen LogP contribution < -0.4 is 5.32 Å². The lowest BCUT2D eigenvalue weighted by molar-refractivity contribution is 0.311. The Bertz CT molecular complexity index is 627. The third-order valence-electron chi connectivity index (χ3n) is 2.82. The third kappa shape index (κ3) is 3.01. The van der Waals surface area contributed by atoms with Crippen molar-refractivity contribution in [1.29, 1.82) is 5.26 Å². The minimum absolute atomic E-state index is 0.170. The highest BCUT2D eigenvalue weighted by Gasteiger charge is 2.34. The lowest BCUT2D eigenvalue weighted by Gasteiger charge is -2.31. The van der Waals surface area contributed by atoms with E-state index in [1.54, 1.807) is 12.1 Å². The molecule has 102 valence electrons. The highest BCUT2D eigenvalue weighted by molar-refractivity contribution is 9.11. The van der Waals surface area contributed by atoms with E-state index in [4.69, 9.17) is 5.26 Å². The fraction of sp³-hybridized carbons (Fsp3) is 0.364. The first-order valence-electron chi connectivity index (χ1n) is 5.54. The van der Waals surface area contributed by atoms with Crippen LogP contribution in [0.2, 0.25) is 0 Å². The van der Waals surface area contributed by atoms with E-state index in [1.807, 2.05) is 6.07 Å². The van der Waals surface area contributed by atoms with Crippen LogP contribution in [-0.2, 0) is 10.0 Å². The van der Waals surface area contributed by atoms with E-state index >= 15 is 0 Å². The fourth-order valence-corrected chi connectivity index (χ4v) is 4.89. The lowest BCUT2D eigenvalue weighted by Crippen LogP contribution is -2.52. The molecule has 1 aliphatic heterocycles. The molecule has 0 bridgehead atoms. The number of nitrogens with zero attached hydrogens (tertiary/aromatic N) is 2. The van der Waals surface area contributed by atoms with Gasteiger partial charge in [-0.2, -0.15) is 9.57 Å². The quantitative estimate of drug-likeness (QED) is 0.808. The Morgan fingerprint density at radius 2 is 2.16 bits per heavy atom. The van der Waals surface area contributed by atoms with E-state index in [0.29, 0.717) is 28.6 Å². The molecular weight excluding hydrogens is 398 g/mol. The molecule has 0 saturated carbocycles. The molecule has 8 heteroatoms. The maximum Gasteiger partial charge on any atom is 0.245 e. The summed E-state index contributed by atoms with van der Waals surface area (Å²) in [5, 5.41) is 12.1. The summed E-state index contributed by atoms with van der Waals surface area (Å²) in [5.74, 6) is 0. The largest absolute Gasteiger partial charge is 0.313 e. The zero-order valence-corrected chi connectivity index (χ0v) is 13.8. The summed E-state index contributed by atoms with van der Waals surface area (Å²) >= 11 is 6.51. The smallest absolute Gasteiger partial charge is 0.245 e. The van der Waals surface area contributed by atoms with Crippen molar-refractivity contribution in [1.82, 2.24) is 9.62 Å². The van der Waals surface area contributed by atoms with Gasteiger partial charge in [0, 0.05) is 28.6 Å². The summed E-state index contributed by atoms with van der Waals surface area (Å²) in [5.41, 5.74) is 0. The van der Waals surface area contributed by atoms with E-state index < -0.39 is 16.1 Å². The Kier molecular flexibility index (Phi) is 4.63. The summed E-state index contributed by atoms with van der Waals surface area (Å²) in [6.45, 7) is 1.18. The van der Waals surface area contributed by atoms with E-state index in [2.05, 4.69) is 37.2 Å². The molecule has 0 aromatic heterocycles. The van der Waals surface area contributed by atoms with Gasteiger partial charge in [-0.3, -0.25) is 0 Å². The molecule has 1 fully saturated rings. The maximum atomic E-state index is 12.6. The fourth-order valence-electron chi connectivity index (χ4n) is 1.88. The molecular formula is C11H11Br2N3O2S. The van der Waals surface area contributed by atoms with Crippen LogP contribution in [0, 0.1) is 11.3 Å². The second-order valence-electron chi connectivity index (χ2n) is 4.04. The Hall–Kier alpha value is -0.460. The van der Waals surface area contributed by atoms with Crippen molar-refractivity contribution in [2.75, 3.05) is 19.6 Å². The molecule has 1 atom stereocenters. The van der Waals surface area contributed by atoms with Crippen LogP contribution in [0.5, 0.6) is 0 Å². The number of sulfonamides is 1. The molecule has 19 heavy (non-hydrogen) atoms. The number of nitriles is 1. The Morgan fingerprint density at radius 1 is 1.42 bits per heavy atom. The van der Waals surface area contributed by atoms with Crippen LogP contribution in [0.25, 0.3) is 0 Å². The van der Waals surface area contributed by atoms with Crippen molar-refractivity contribution in [3.63, 3.8) is 0 Å². The number of rotatable bonds is 2. The van der Waals surface area contributed by atoms with Gasteiger partial charge in [0.1, 0.15) is 6.04 Å². The molecule has 2 rings (SSSR count). The zero-order valence-electron chi connectivity index (χ0n) is 9.81. The summed E-state index contributed by atoms with van der Waals surface area (Å²) in [4.78, 5) is 0.170. The first kappa shape index (κ1) is 14.9. The van der Waals surface area contributed by atoms with Crippen molar-refractivity contribution in [3.8, 4) is 6.07 Å². The van der Waals surface area contributed by atoms with Crippen LogP contribution in [0.1, 0.15) is 0 Å². The zero-order chi connectivity index (χ0) is 14.0. The molecule has 1 heterocycles. The van der Waals surface area contributed by atoms with Crippen LogP contribution in [0.4, 0.5) is 0 Å². The Balaban J connectivity index is 2.47. The van der Waals surface area contributed by atoms with Gasteiger partial charge in [0.2, 0.25) is 10.0 Å². The van der Waals surface area contributed by atoms with E-state index in [9.17, 15) is 8.42 Å². The van der Waals surface area contributed by atoms with Gasteiger partial charge in [-0.25, -0.2) is 8.42 Å². The van der Waals surface area contributed by atoms with Gasteiger partial charge in [0.25, 0.3) is 0 Å². The molecule has 0 aliphatic carbocycles. The monoisotopic (exact) mass is 407 g/mol. The summed E-state index contributed by atoms with van der Waals surface area (Å²) in [6, 6.07) is 6.30. The molecule has 5 nitrogen and oxygen atoms in total. The first-order chi connectivity index (χ1) is 8.96. The van der Waals surface area contributed by atoms with Crippen LogP contribution in [0.3, 0.4) is 0 Å². The predicted molar refractivity (Wildman–Crippen MR) is 78.0 cm³/mol. The van der Waals surface area contributed by atoms with Crippen molar-refractivity contribution in [3.05, 3.63) is 27.1 Å². The maximum absolute atomic E-state index is 12.6. The van der Waals surface area contributed by atoms with Gasteiger partial charge in [0.15, 0.2) is 0 Å². The number of hydrogen-bond donors (Lipinski definition) is 1. The van der Waals surface area contributed by atoms with E-state index in [1.165, 1.54) is 10.4 Å². The molecule has 1 aromatic rings. The molecule has 1 N–H and O–H groups in total. The Morgan fingerprint density at radius 3 is 2.84 bits per heavy atom. The van der Waals surface area contributed by atoms with Crippen molar-refractivity contribution < 1.29 is 8.42 Å². The van der Waals surface area contributed by atoms with Crippen molar-refractivity contribution in [2.24, 2.45) is 0 Å². The third-order valence-corrected chi connectivity index (χ3v) is 6.22. The average molecular weight is 409 g/mol. The topological polar surface area (TPSA) is 73.2 Å². The minimum Gasteiger partial charge on any atom is -0.313 e. The van der Waals surface area contributed by atoms with Gasteiger partial charge >= 0.3 is 0 Å². The lowest BCUT2D eigenvalue weighted by atomic mass is 10.3. The highest BCUT2D eigenvalue weighted by atomic mass is 79.9. The molecule has 1 aromatic carbocycles. The summed E-state index contributed by atoms with van der Waals surface area (Å²) < 4.78 is 27.7. The molecule has 0 radical (unpaired) electrons. The molecule has 0 amide bonds. The Labute approximate surface area is 128 Å². The van der Waals surface area contributed by atoms with Gasteiger partial charge < -0.3 is 5.32 Å². The molecule has 1 aliphatic rings. The highest BCUT2D eigenvalue weighted by Crippen LogP contribution is 2.29. The summed E-state index contributed by atoms with van der Waals surface area (Å²) in [7, 11) is -3.68. The van der Waals surface area contributed by atoms with Crippen LogP contribution >= 0.6 is 31.9 Å². The van der Waals surface area contributed by atoms with Gasteiger partial charge in [-0.15, -0.1) is 0 Å². The average Bonchev–Trinajstić information content (AvgIpc) is 2.41. The number of benzene rings is 1.